The molecule has 12 nitrogen and oxygen atoms in total. The van der Waals surface area contributed by atoms with Crippen LogP contribution in [0.25, 0.3) is 0 Å². The number of hydrogen-bond donors (Lipinski definition) is 8. The second kappa shape index (κ2) is 25.7. The molecule has 12 N–H and O–H groups in total. The van der Waals surface area contributed by atoms with Gasteiger partial charge in [0.2, 0.25) is 0 Å². The van der Waals surface area contributed by atoms with Crippen molar-refractivity contribution in [1.82, 2.24) is 0 Å². The standard InChI is InChI=1S/C11H21NO2.2C10H19NO2.C9H17NO2/c1-2-11(5-3-6-11)7-4-9(8-12)10(13)14;1-10(4-2-5-10)6-3-8(7-11)9(12)13;11-7-9(10(12)13)6-5-8-3-1-2-4-8;10-6-8(9(11)12)5-4-7-2-1-3-7/h9H,2-8,12H2,1H3,(H,13,14);8H,2-7,11H2,1H3,(H,12,13);8-9H,1-7,11H2,(H,12,13);7-8H,1-6,10H2,(H,11,12). The van der Waals surface area contributed by atoms with E-state index in [9.17, 15) is 19.2 Å². The molecule has 0 aromatic heterocycles. The van der Waals surface area contributed by atoms with Gasteiger partial charge in [0, 0.05) is 26.2 Å². The summed E-state index contributed by atoms with van der Waals surface area (Å²) in [5.74, 6) is -2.70. The van der Waals surface area contributed by atoms with Gasteiger partial charge in [-0.05, 0) is 99.7 Å². The van der Waals surface area contributed by atoms with Gasteiger partial charge >= 0.3 is 23.9 Å². The predicted molar refractivity (Wildman–Crippen MR) is 205 cm³/mol. The van der Waals surface area contributed by atoms with Crippen LogP contribution in [0.5, 0.6) is 0 Å². The van der Waals surface area contributed by atoms with Crippen LogP contribution in [-0.2, 0) is 19.2 Å². The maximum Gasteiger partial charge on any atom is 0.307 e. The number of carboxylic acid groups (broad SMARTS) is 4. The molecule has 0 radical (unpaired) electrons. The molecular weight excluding hydrogens is 664 g/mol. The molecule has 0 spiro atoms. The van der Waals surface area contributed by atoms with E-state index in [1.807, 2.05) is 0 Å². The van der Waals surface area contributed by atoms with Gasteiger partial charge in [0.1, 0.15) is 0 Å². The van der Waals surface area contributed by atoms with Gasteiger partial charge in [-0.15, -0.1) is 0 Å². The Kier molecular flexibility index (Phi) is 23.6. The van der Waals surface area contributed by atoms with E-state index < -0.39 is 23.9 Å². The van der Waals surface area contributed by atoms with Crippen molar-refractivity contribution >= 4 is 23.9 Å². The third-order valence-corrected chi connectivity index (χ3v) is 12.9. The average molecular weight is 741 g/mol. The van der Waals surface area contributed by atoms with Crippen LogP contribution in [0.4, 0.5) is 0 Å². The van der Waals surface area contributed by atoms with Crippen LogP contribution in [0.15, 0.2) is 0 Å². The normalized spacial score (nSPS) is 21.0. The van der Waals surface area contributed by atoms with E-state index in [4.69, 9.17) is 43.4 Å². The Bertz CT molecular complexity index is 1020. The molecule has 0 saturated heterocycles. The minimum atomic E-state index is -0.745. The van der Waals surface area contributed by atoms with Gasteiger partial charge < -0.3 is 43.4 Å². The lowest BCUT2D eigenvalue weighted by Gasteiger charge is -2.42. The van der Waals surface area contributed by atoms with Crippen LogP contribution in [0, 0.1) is 46.3 Å². The van der Waals surface area contributed by atoms with E-state index in [1.165, 1.54) is 89.9 Å². The lowest BCUT2D eigenvalue weighted by atomic mass is 9.64. The highest BCUT2D eigenvalue weighted by molar-refractivity contribution is 5.71. The van der Waals surface area contributed by atoms with Gasteiger partial charge in [0.25, 0.3) is 0 Å². The largest absolute Gasteiger partial charge is 0.481 e. The van der Waals surface area contributed by atoms with E-state index >= 15 is 0 Å². The Balaban J connectivity index is 0.000000347. The zero-order valence-corrected chi connectivity index (χ0v) is 32.6. The predicted octanol–water partition coefficient (Wildman–Crippen LogP) is 6.47. The van der Waals surface area contributed by atoms with Crippen molar-refractivity contribution in [3.8, 4) is 0 Å². The van der Waals surface area contributed by atoms with E-state index in [0.717, 1.165) is 63.2 Å². The van der Waals surface area contributed by atoms with Gasteiger partial charge in [0.05, 0.1) is 23.7 Å². The zero-order valence-electron chi connectivity index (χ0n) is 32.6. The fraction of sp³-hybridized carbons (Fsp3) is 0.900. The lowest BCUT2D eigenvalue weighted by molar-refractivity contribution is -0.142. The van der Waals surface area contributed by atoms with E-state index in [0.29, 0.717) is 10.8 Å². The molecule has 0 heterocycles. The molecule has 4 atom stereocenters. The molecule has 304 valence electrons. The highest BCUT2D eigenvalue weighted by atomic mass is 16.4. The van der Waals surface area contributed by atoms with Crippen molar-refractivity contribution in [2.24, 2.45) is 69.3 Å². The summed E-state index contributed by atoms with van der Waals surface area (Å²) >= 11 is 0. The van der Waals surface area contributed by atoms with Gasteiger partial charge in [-0.25, -0.2) is 0 Å². The van der Waals surface area contributed by atoms with Gasteiger partial charge in [-0.2, -0.15) is 0 Å². The molecule has 4 rings (SSSR count). The van der Waals surface area contributed by atoms with E-state index in [-0.39, 0.29) is 49.9 Å². The number of aliphatic carboxylic acids is 4. The molecule has 0 aromatic carbocycles. The number of carbonyl (C=O) groups is 4. The first-order valence-corrected chi connectivity index (χ1v) is 20.4. The topological polar surface area (TPSA) is 253 Å². The maximum atomic E-state index is 10.8. The van der Waals surface area contributed by atoms with E-state index in [2.05, 4.69) is 13.8 Å². The highest BCUT2D eigenvalue weighted by Crippen LogP contribution is 2.48. The molecule has 52 heavy (non-hydrogen) atoms. The third-order valence-electron chi connectivity index (χ3n) is 12.9. The van der Waals surface area contributed by atoms with Crippen LogP contribution in [-0.4, -0.2) is 70.5 Å². The molecule has 12 heteroatoms. The van der Waals surface area contributed by atoms with Gasteiger partial charge in [-0.1, -0.05) is 78.1 Å². The Morgan fingerprint density at radius 1 is 0.538 bits per heavy atom. The van der Waals surface area contributed by atoms with Crippen LogP contribution < -0.4 is 22.9 Å². The molecule has 4 aliphatic rings. The molecule has 0 aromatic rings. The second-order valence-electron chi connectivity index (χ2n) is 16.6. The first kappa shape index (κ1) is 47.7. The number of rotatable bonds is 21. The minimum Gasteiger partial charge on any atom is -0.481 e. The molecule has 4 aliphatic carbocycles. The molecule has 4 unspecified atom stereocenters. The number of carboxylic acids is 4. The highest BCUT2D eigenvalue weighted by Gasteiger charge is 2.36. The number of nitrogens with two attached hydrogens (primary N) is 4. The Morgan fingerprint density at radius 2 is 0.885 bits per heavy atom. The van der Waals surface area contributed by atoms with Crippen molar-refractivity contribution in [1.29, 1.82) is 0 Å². The monoisotopic (exact) mass is 741 g/mol. The van der Waals surface area contributed by atoms with Crippen LogP contribution >= 0.6 is 0 Å². The fourth-order valence-electron chi connectivity index (χ4n) is 7.81. The molecule has 4 fully saturated rings. The average Bonchev–Trinajstić information content (AvgIpc) is 3.57. The van der Waals surface area contributed by atoms with Gasteiger partial charge in [0.15, 0.2) is 0 Å². The Hall–Kier alpha value is -2.28. The first-order valence-electron chi connectivity index (χ1n) is 20.4. The first-order chi connectivity index (χ1) is 24.7. The van der Waals surface area contributed by atoms with Crippen molar-refractivity contribution in [2.75, 3.05) is 26.2 Å². The van der Waals surface area contributed by atoms with Crippen molar-refractivity contribution < 1.29 is 39.6 Å². The summed E-state index contributed by atoms with van der Waals surface area (Å²) in [7, 11) is 0. The second-order valence-corrected chi connectivity index (χ2v) is 16.6. The SMILES string of the molecule is CC1(CCC(CN)C(=O)O)CCC1.CCC1(CCC(CN)C(=O)O)CCC1.NCC(CCC1CCC1)C(=O)O.NCC(CCC1CCCC1)C(=O)O. The lowest BCUT2D eigenvalue weighted by Crippen LogP contribution is -2.31. The molecule has 0 aliphatic heterocycles. The van der Waals surface area contributed by atoms with Gasteiger partial charge in [-0.3, -0.25) is 19.2 Å². The summed E-state index contributed by atoms with van der Waals surface area (Å²) in [6.07, 6.45) is 25.2. The van der Waals surface area contributed by atoms with Crippen LogP contribution in [0.3, 0.4) is 0 Å². The van der Waals surface area contributed by atoms with Crippen LogP contribution in [0.2, 0.25) is 0 Å². The zero-order chi connectivity index (χ0) is 39.2. The smallest absolute Gasteiger partial charge is 0.307 e. The summed E-state index contributed by atoms with van der Waals surface area (Å²) in [6.45, 7) is 5.55. The maximum absolute atomic E-state index is 10.8. The summed E-state index contributed by atoms with van der Waals surface area (Å²) in [5.41, 5.74) is 22.4. The number of hydrogen-bond acceptors (Lipinski definition) is 8. The van der Waals surface area contributed by atoms with Crippen LogP contribution in [0.1, 0.15) is 155 Å². The van der Waals surface area contributed by atoms with E-state index in [1.54, 1.807) is 0 Å². The fourth-order valence-corrected chi connectivity index (χ4v) is 7.81. The van der Waals surface area contributed by atoms with Crippen molar-refractivity contribution in [2.45, 2.75) is 155 Å². The summed E-state index contributed by atoms with van der Waals surface area (Å²) in [5, 5.41) is 35.1. The minimum absolute atomic E-state index is 0.269. The third kappa shape index (κ3) is 18.2. The summed E-state index contributed by atoms with van der Waals surface area (Å²) in [6, 6.07) is 0. The summed E-state index contributed by atoms with van der Waals surface area (Å²) in [4.78, 5) is 42.7. The Labute approximate surface area is 313 Å². The molecule has 0 amide bonds. The molecular formula is C40H76N4O8. The quantitative estimate of drug-likeness (QED) is 0.0631. The summed E-state index contributed by atoms with van der Waals surface area (Å²) < 4.78 is 0. The molecule has 4 saturated carbocycles. The van der Waals surface area contributed by atoms with Crippen molar-refractivity contribution in [3.05, 3.63) is 0 Å². The van der Waals surface area contributed by atoms with Crippen molar-refractivity contribution in [3.63, 3.8) is 0 Å². The molecule has 0 bridgehead atoms. The Morgan fingerprint density at radius 3 is 1.13 bits per heavy atom.